The lowest BCUT2D eigenvalue weighted by Crippen LogP contribution is -2.21. The largest absolute Gasteiger partial charge is 0.388 e. The minimum absolute atomic E-state index is 0.0154. The van der Waals surface area contributed by atoms with Gasteiger partial charge in [-0.15, -0.1) is 0 Å². The number of carbonyl (C=O) groups is 1. The molecule has 2 nitrogen and oxygen atoms in total. The Morgan fingerprint density at radius 1 is 0.920 bits per heavy atom. The van der Waals surface area contributed by atoms with Crippen LogP contribution in [-0.2, 0) is 15.6 Å². The summed E-state index contributed by atoms with van der Waals surface area (Å²) in [5.41, 5.74) is 5.67. The maximum atomic E-state index is 12.1. The van der Waals surface area contributed by atoms with Crippen LogP contribution in [0.4, 0.5) is 5.69 Å². The van der Waals surface area contributed by atoms with Gasteiger partial charge in [-0.05, 0) is 33.1 Å². The predicted octanol–water partition coefficient (Wildman–Crippen LogP) is 5.65. The molecule has 2 heteroatoms. The molecular weight excluding hydrogens is 306 g/mol. The molecule has 0 aliphatic carbocycles. The molecule has 0 saturated carbocycles. The van der Waals surface area contributed by atoms with Crippen LogP contribution in [0.15, 0.2) is 42.5 Å². The summed E-state index contributed by atoms with van der Waals surface area (Å²) in [5, 5.41) is 3.38. The molecule has 134 valence electrons. The fourth-order valence-electron chi connectivity index (χ4n) is 3.21. The number of nitrogens with one attached hydrogen (secondary N) is 1. The van der Waals surface area contributed by atoms with Gasteiger partial charge in [-0.2, -0.15) is 0 Å². The smallest absolute Gasteiger partial charge is 0.131 e. The third-order valence-electron chi connectivity index (χ3n) is 4.72. The highest BCUT2D eigenvalue weighted by atomic mass is 16.1. The normalized spacial score (nSPS) is 13.4. The van der Waals surface area contributed by atoms with Gasteiger partial charge >= 0.3 is 0 Å². The molecule has 2 rings (SSSR count). The van der Waals surface area contributed by atoms with Crippen LogP contribution in [0.25, 0.3) is 0 Å². The topological polar surface area (TPSA) is 29.1 Å². The Bertz CT molecular complexity index is 733. The van der Waals surface area contributed by atoms with Crippen LogP contribution in [0.3, 0.4) is 0 Å². The van der Waals surface area contributed by atoms with Crippen LogP contribution >= 0.6 is 0 Å². The summed E-state index contributed by atoms with van der Waals surface area (Å²) >= 11 is 0. The quantitative estimate of drug-likeness (QED) is 0.730. The molecule has 25 heavy (non-hydrogen) atoms. The fraction of sp³-hybridized carbons (Fsp3) is 0.435. The Morgan fingerprint density at radius 3 is 1.96 bits per heavy atom. The Labute approximate surface area is 152 Å². The molecule has 1 unspecified atom stereocenters. The summed E-state index contributed by atoms with van der Waals surface area (Å²) in [5.74, 6) is -0.271. The number of rotatable bonds is 4. The second-order valence-corrected chi connectivity index (χ2v) is 8.76. The molecule has 0 heterocycles. The van der Waals surface area contributed by atoms with Gasteiger partial charge in [0.05, 0.1) is 5.92 Å². The van der Waals surface area contributed by atoms with E-state index < -0.39 is 0 Å². The predicted molar refractivity (Wildman–Crippen MR) is 108 cm³/mol. The highest BCUT2D eigenvalue weighted by molar-refractivity contribution is 5.76. The lowest BCUT2D eigenvalue weighted by Gasteiger charge is -2.31. The van der Waals surface area contributed by atoms with E-state index in [0.717, 1.165) is 23.1 Å². The first-order valence-electron chi connectivity index (χ1n) is 8.96. The zero-order chi connectivity index (χ0) is 18.8. The monoisotopic (exact) mass is 337 g/mol. The van der Waals surface area contributed by atoms with Gasteiger partial charge in [-0.1, -0.05) is 84.0 Å². The van der Waals surface area contributed by atoms with Crippen molar-refractivity contribution in [2.75, 3.05) is 12.4 Å². The third kappa shape index (κ3) is 4.12. The molecule has 1 N–H and O–H groups in total. The Hall–Kier alpha value is -2.09. The van der Waals surface area contributed by atoms with E-state index in [4.69, 9.17) is 0 Å². The molecule has 0 amide bonds. The highest BCUT2D eigenvalue weighted by Gasteiger charge is 2.27. The van der Waals surface area contributed by atoms with Gasteiger partial charge in [0.15, 0.2) is 0 Å². The molecule has 0 radical (unpaired) electrons. The molecule has 0 aliphatic heterocycles. The molecule has 0 saturated heterocycles. The van der Waals surface area contributed by atoms with Gasteiger partial charge in [-0.25, -0.2) is 0 Å². The van der Waals surface area contributed by atoms with E-state index in [0.29, 0.717) is 0 Å². The first-order chi connectivity index (χ1) is 11.6. The van der Waals surface area contributed by atoms with E-state index in [1.54, 1.807) is 0 Å². The maximum absolute atomic E-state index is 12.1. The molecule has 1 atom stereocenters. The van der Waals surface area contributed by atoms with Gasteiger partial charge in [-0.3, -0.25) is 0 Å². The van der Waals surface area contributed by atoms with Gasteiger partial charge in [0, 0.05) is 12.7 Å². The van der Waals surface area contributed by atoms with Crippen LogP contribution in [0.5, 0.6) is 0 Å². The number of carbonyl (C=O) groups excluding carboxylic acids is 1. The molecule has 0 fully saturated rings. The fourth-order valence-corrected chi connectivity index (χ4v) is 3.21. The van der Waals surface area contributed by atoms with Crippen LogP contribution in [0.1, 0.15) is 69.7 Å². The number of aldehydes is 1. The number of anilines is 1. The summed E-state index contributed by atoms with van der Waals surface area (Å²) in [6.07, 6.45) is 1.06. The van der Waals surface area contributed by atoms with Gasteiger partial charge in [0.25, 0.3) is 0 Å². The van der Waals surface area contributed by atoms with Crippen LogP contribution < -0.4 is 5.32 Å². The first kappa shape index (κ1) is 19.2. The number of benzene rings is 2. The highest BCUT2D eigenvalue weighted by Crippen LogP contribution is 2.40. The molecule has 0 aliphatic rings. The molecule has 0 aromatic heterocycles. The van der Waals surface area contributed by atoms with E-state index >= 15 is 0 Å². The summed E-state index contributed by atoms with van der Waals surface area (Å²) in [4.78, 5) is 12.1. The minimum Gasteiger partial charge on any atom is -0.388 e. The van der Waals surface area contributed by atoms with Crippen LogP contribution in [0.2, 0.25) is 0 Å². The summed E-state index contributed by atoms with van der Waals surface area (Å²) < 4.78 is 0. The molecular formula is C23H31NO. The van der Waals surface area contributed by atoms with Crippen molar-refractivity contribution in [2.24, 2.45) is 0 Å². The van der Waals surface area contributed by atoms with Crippen LogP contribution in [0, 0.1) is 0 Å². The Morgan fingerprint density at radius 2 is 1.52 bits per heavy atom. The number of hydrogen-bond acceptors (Lipinski definition) is 2. The van der Waals surface area contributed by atoms with Gasteiger partial charge in [0.1, 0.15) is 6.29 Å². The standard InChI is InChI=1S/C23H31NO/c1-22(2,3)17-13-18(19(15-25)16-11-9-8-10-12-16)21(24-7)20(14-17)23(4,5)6/h8-15,19,24H,1-7H3. The van der Waals surface area contributed by atoms with Crippen molar-refractivity contribution >= 4 is 12.0 Å². The van der Waals surface area contributed by atoms with Crippen molar-refractivity contribution in [1.82, 2.24) is 0 Å². The Balaban J connectivity index is 2.80. The zero-order valence-electron chi connectivity index (χ0n) is 16.6. The second-order valence-electron chi connectivity index (χ2n) is 8.76. The van der Waals surface area contributed by atoms with Crippen molar-refractivity contribution in [2.45, 2.75) is 58.3 Å². The van der Waals surface area contributed by atoms with E-state index in [2.05, 4.69) is 59.0 Å². The van der Waals surface area contributed by atoms with E-state index in [9.17, 15) is 4.79 Å². The van der Waals surface area contributed by atoms with Crippen LogP contribution in [-0.4, -0.2) is 13.3 Å². The van der Waals surface area contributed by atoms with E-state index in [1.807, 2.05) is 37.4 Å². The second kappa shape index (κ2) is 7.03. The van der Waals surface area contributed by atoms with E-state index in [1.165, 1.54) is 11.1 Å². The summed E-state index contributed by atoms with van der Waals surface area (Å²) in [6.45, 7) is 13.3. The van der Waals surface area contributed by atoms with Crippen molar-refractivity contribution < 1.29 is 4.79 Å². The summed E-state index contributed by atoms with van der Waals surface area (Å²) in [7, 11) is 1.94. The first-order valence-corrected chi connectivity index (χ1v) is 8.96. The van der Waals surface area contributed by atoms with Gasteiger partial charge in [0.2, 0.25) is 0 Å². The summed E-state index contributed by atoms with van der Waals surface area (Å²) in [6, 6.07) is 14.5. The van der Waals surface area contributed by atoms with Gasteiger partial charge < -0.3 is 10.1 Å². The lowest BCUT2D eigenvalue weighted by atomic mass is 9.76. The average Bonchev–Trinajstić information content (AvgIpc) is 2.54. The minimum atomic E-state index is -0.271. The number of hydrogen-bond donors (Lipinski definition) is 1. The SMILES string of the molecule is CNc1c(C(C=O)c2ccccc2)cc(C(C)(C)C)cc1C(C)(C)C. The molecule has 0 bridgehead atoms. The maximum Gasteiger partial charge on any atom is 0.131 e. The lowest BCUT2D eigenvalue weighted by molar-refractivity contribution is -0.108. The average molecular weight is 338 g/mol. The van der Waals surface area contributed by atoms with Crippen molar-refractivity contribution in [3.8, 4) is 0 Å². The van der Waals surface area contributed by atoms with Crippen molar-refractivity contribution in [3.63, 3.8) is 0 Å². The molecule has 2 aromatic carbocycles. The zero-order valence-corrected chi connectivity index (χ0v) is 16.6. The Kier molecular flexibility index (Phi) is 5.41. The third-order valence-corrected chi connectivity index (χ3v) is 4.72. The van der Waals surface area contributed by atoms with Crippen molar-refractivity contribution in [1.29, 1.82) is 0 Å². The molecule has 0 spiro atoms. The van der Waals surface area contributed by atoms with Crippen molar-refractivity contribution in [3.05, 3.63) is 64.7 Å². The molecule has 2 aromatic rings. The van der Waals surface area contributed by atoms with E-state index in [-0.39, 0.29) is 16.7 Å².